The molecule has 0 radical (unpaired) electrons. The lowest BCUT2D eigenvalue weighted by atomic mass is 10.3. The van der Waals surface area contributed by atoms with Crippen molar-refractivity contribution in [1.82, 2.24) is 0 Å². The second kappa shape index (κ2) is 8.06. The molecule has 0 amide bonds. The van der Waals surface area contributed by atoms with E-state index in [1.54, 1.807) is 18.2 Å². The fraction of sp³-hybridized carbons (Fsp3) is 0.0400. The topological polar surface area (TPSA) is 72.8 Å². The Morgan fingerprint density at radius 3 is 1.84 bits per heavy atom. The predicted octanol–water partition coefficient (Wildman–Crippen LogP) is 3.28. The Morgan fingerprint density at radius 2 is 1.22 bits per heavy atom. The Bertz CT molecular complexity index is 1330. The predicted molar refractivity (Wildman–Crippen MR) is 127 cm³/mol. The molecule has 4 aromatic carbocycles. The standard InChI is InChI=1S/C25H19O5PS/c26-32(27,28)25-14-8-7-13-24(25)31(19-9-3-1-4-10-19,20-11-5-2-6-12-20)21-15-16-22-23(17-21)30-18-29-22/h1-17H,18H2/p+1. The zero-order valence-corrected chi connectivity index (χ0v) is 18.7. The van der Waals surface area contributed by atoms with Crippen LogP contribution in [-0.4, -0.2) is 19.8 Å². The zero-order chi connectivity index (χ0) is 22.2. The molecule has 0 fully saturated rings. The molecule has 5 rings (SSSR count). The first kappa shape index (κ1) is 20.7. The highest BCUT2D eigenvalue weighted by atomic mass is 32.2. The molecule has 0 aromatic heterocycles. The summed E-state index contributed by atoms with van der Waals surface area (Å²) in [6.07, 6.45) is 0. The van der Waals surface area contributed by atoms with Gasteiger partial charge in [0.15, 0.2) is 11.5 Å². The zero-order valence-electron chi connectivity index (χ0n) is 17.0. The first-order valence-corrected chi connectivity index (χ1v) is 13.2. The highest BCUT2D eigenvalue weighted by Crippen LogP contribution is 2.56. The molecule has 0 aliphatic carbocycles. The van der Waals surface area contributed by atoms with E-state index < -0.39 is 17.4 Å². The maximum Gasteiger partial charge on any atom is 0.298 e. The van der Waals surface area contributed by atoms with Crippen molar-refractivity contribution in [2.75, 3.05) is 6.79 Å². The minimum atomic E-state index is -4.48. The molecule has 0 atom stereocenters. The molecule has 0 saturated carbocycles. The molecule has 5 nitrogen and oxygen atoms in total. The van der Waals surface area contributed by atoms with Crippen molar-refractivity contribution in [3.63, 3.8) is 0 Å². The highest BCUT2D eigenvalue weighted by molar-refractivity contribution is 8.02. The van der Waals surface area contributed by atoms with Gasteiger partial charge >= 0.3 is 0 Å². The third-order valence-electron chi connectivity index (χ3n) is 5.53. The van der Waals surface area contributed by atoms with Crippen LogP contribution in [-0.2, 0) is 10.1 Å². The SMILES string of the molecule is O=S(=O)(O)c1ccccc1[P+](c1ccccc1)(c1ccccc1)c1ccc2c(c1)OCO2. The normalized spacial score (nSPS) is 13.2. The summed E-state index contributed by atoms with van der Waals surface area (Å²) in [4.78, 5) is -0.0984. The second-order valence-corrected chi connectivity index (χ2v) is 12.1. The highest BCUT2D eigenvalue weighted by Gasteiger charge is 2.51. The van der Waals surface area contributed by atoms with Gasteiger partial charge in [-0.1, -0.05) is 48.5 Å². The lowest BCUT2D eigenvalue weighted by Gasteiger charge is -2.28. The smallest absolute Gasteiger partial charge is 0.298 e. The van der Waals surface area contributed by atoms with Gasteiger partial charge in [0.25, 0.3) is 10.1 Å². The summed E-state index contributed by atoms with van der Waals surface area (Å²) in [5.41, 5.74) is 0. The summed E-state index contributed by atoms with van der Waals surface area (Å²) < 4.78 is 46.4. The maximum absolute atomic E-state index is 12.5. The third kappa shape index (κ3) is 3.37. The van der Waals surface area contributed by atoms with E-state index in [1.165, 1.54) is 6.07 Å². The Kier molecular flexibility index (Phi) is 5.22. The Balaban J connectivity index is 1.96. The van der Waals surface area contributed by atoms with E-state index in [1.807, 2.05) is 78.9 Å². The summed E-state index contributed by atoms with van der Waals surface area (Å²) in [6.45, 7) is 0.141. The van der Waals surface area contributed by atoms with E-state index >= 15 is 0 Å². The molecule has 160 valence electrons. The minimum Gasteiger partial charge on any atom is -0.454 e. The fourth-order valence-electron chi connectivity index (χ4n) is 4.21. The molecule has 0 unspecified atom stereocenters. The van der Waals surface area contributed by atoms with Gasteiger partial charge in [-0.05, 0) is 48.5 Å². The van der Waals surface area contributed by atoms with Gasteiger partial charge in [-0.25, -0.2) is 0 Å². The van der Waals surface area contributed by atoms with Crippen molar-refractivity contribution >= 4 is 38.6 Å². The van der Waals surface area contributed by atoms with Crippen molar-refractivity contribution in [2.45, 2.75) is 4.90 Å². The fourth-order valence-corrected chi connectivity index (χ4v) is 9.85. The van der Waals surface area contributed by atoms with Crippen LogP contribution in [0.25, 0.3) is 0 Å². The summed E-state index contributed by atoms with van der Waals surface area (Å²) in [5.74, 6) is 1.26. The molecule has 0 bridgehead atoms. The van der Waals surface area contributed by atoms with Crippen molar-refractivity contribution in [3.8, 4) is 11.5 Å². The lowest BCUT2D eigenvalue weighted by Crippen LogP contribution is -2.40. The van der Waals surface area contributed by atoms with Gasteiger partial charge in [0.2, 0.25) is 6.79 Å². The molecule has 7 heteroatoms. The van der Waals surface area contributed by atoms with E-state index in [-0.39, 0.29) is 11.7 Å². The molecule has 1 N–H and O–H groups in total. The number of ether oxygens (including phenoxy) is 2. The average Bonchev–Trinajstić information content (AvgIpc) is 3.29. The van der Waals surface area contributed by atoms with Crippen molar-refractivity contribution in [2.24, 2.45) is 0 Å². The van der Waals surface area contributed by atoms with Crippen molar-refractivity contribution in [3.05, 3.63) is 103 Å². The van der Waals surface area contributed by atoms with Crippen LogP contribution < -0.4 is 30.7 Å². The summed E-state index contributed by atoms with van der Waals surface area (Å²) in [6, 6.07) is 32.1. The van der Waals surface area contributed by atoms with Crippen LogP contribution in [0.15, 0.2) is 108 Å². The van der Waals surface area contributed by atoms with Crippen LogP contribution >= 0.6 is 7.26 Å². The number of fused-ring (bicyclic) bond motifs is 1. The molecule has 1 heterocycles. The molecule has 1 aliphatic heterocycles. The third-order valence-corrected chi connectivity index (χ3v) is 10.9. The van der Waals surface area contributed by atoms with Gasteiger partial charge in [-0.3, -0.25) is 4.55 Å². The number of benzene rings is 4. The number of rotatable bonds is 5. The van der Waals surface area contributed by atoms with Crippen LogP contribution in [0.3, 0.4) is 0 Å². The summed E-state index contributed by atoms with van der Waals surface area (Å²) in [7, 11) is -7.23. The first-order chi connectivity index (χ1) is 15.5. The van der Waals surface area contributed by atoms with Crippen LogP contribution in [0.5, 0.6) is 11.5 Å². The summed E-state index contributed by atoms with van der Waals surface area (Å²) in [5, 5.41) is 3.37. The minimum absolute atomic E-state index is 0.0984. The van der Waals surface area contributed by atoms with Gasteiger partial charge in [0.05, 0.1) is 0 Å². The van der Waals surface area contributed by atoms with Crippen molar-refractivity contribution in [1.29, 1.82) is 0 Å². The number of hydrogen-bond acceptors (Lipinski definition) is 4. The van der Waals surface area contributed by atoms with E-state index in [4.69, 9.17) is 9.47 Å². The van der Waals surface area contributed by atoms with E-state index in [2.05, 4.69) is 0 Å². The van der Waals surface area contributed by atoms with Crippen LogP contribution in [0.4, 0.5) is 0 Å². The Labute approximate surface area is 187 Å². The van der Waals surface area contributed by atoms with Crippen LogP contribution in [0.1, 0.15) is 0 Å². The van der Waals surface area contributed by atoms with Gasteiger partial charge in [0, 0.05) is 6.07 Å². The average molecular weight is 463 g/mol. The molecule has 0 saturated heterocycles. The monoisotopic (exact) mass is 463 g/mol. The molecular weight excluding hydrogens is 443 g/mol. The van der Waals surface area contributed by atoms with E-state index in [9.17, 15) is 13.0 Å². The van der Waals surface area contributed by atoms with Gasteiger partial charge in [-0.2, -0.15) is 8.42 Å². The largest absolute Gasteiger partial charge is 0.454 e. The number of hydrogen-bond donors (Lipinski definition) is 1. The molecule has 32 heavy (non-hydrogen) atoms. The van der Waals surface area contributed by atoms with Crippen LogP contribution in [0, 0.1) is 0 Å². The molecular formula is C25H20O5PS+. The maximum atomic E-state index is 12.5. The van der Waals surface area contributed by atoms with Gasteiger partial charge in [-0.15, -0.1) is 0 Å². The van der Waals surface area contributed by atoms with Gasteiger partial charge in [0.1, 0.15) is 33.4 Å². The van der Waals surface area contributed by atoms with Crippen LogP contribution in [0.2, 0.25) is 0 Å². The molecule has 1 aliphatic rings. The van der Waals surface area contributed by atoms with E-state index in [0.717, 1.165) is 15.9 Å². The van der Waals surface area contributed by atoms with Gasteiger partial charge < -0.3 is 9.47 Å². The molecule has 4 aromatic rings. The second-order valence-electron chi connectivity index (χ2n) is 7.32. The van der Waals surface area contributed by atoms with E-state index in [0.29, 0.717) is 16.8 Å². The molecule has 0 spiro atoms. The first-order valence-electron chi connectivity index (χ1n) is 9.99. The Morgan fingerprint density at radius 1 is 0.656 bits per heavy atom. The van der Waals surface area contributed by atoms with Crippen molar-refractivity contribution < 1.29 is 22.4 Å². The lowest BCUT2D eigenvalue weighted by molar-refractivity contribution is 0.174. The summed E-state index contributed by atoms with van der Waals surface area (Å²) >= 11 is 0. The quantitative estimate of drug-likeness (QED) is 0.363. The Hall–Kier alpha value is -3.18.